The van der Waals surface area contributed by atoms with E-state index in [0.29, 0.717) is 24.0 Å². The van der Waals surface area contributed by atoms with Crippen molar-refractivity contribution in [2.24, 2.45) is 0 Å². The van der Waals surface area contributed by atoms with E-state index < -0.39 is 29.1 Å². The lowest BCUT2D eigenvalue weighted by Gasteiger charge is -2.22. The van der Waals surface area contributed by atoms with Crippen LogP contribution in [0, 0.1) is 0 Å². The highest BCUT2D eigenvalue weighted by atomic mass is 19.4. The van der Waals surface area contributed by atoms with Gasteiger partial charge in [-0.05, 0) is 58.2 Å². The summed E-state index contributed by atoms with van der Waals surface area (Å²) in [7, 11) is 0. The number of nitrogens with one attached hydrogen (secondary N) is 1. The number of amides is 1. The summed E-state index contributed by atoms with van der Waals surface area (Å²) in [6.45, 7) is 23.2. The number of ether oxygens (including phenoxy) is 1. The maximum Gasteiger partial charge on any atom is 0.421 e. The Bertz CT molecular complexity index is 1210. The SMILES string of the molecule is C=C(/C=C\C(=C/C)CC)CNC(=O)c1nn(C(C)(C)C)c(Oc2ncccc2C(F)(F)F)c1CC.C=O.CC.CCC=O. The van der Waals surface area contributed by atoms with Crippen molar-refractivity contribution in [1.29, 1.82) is 0 Å². The van der Waals surface area contributed by atoms with Gasteiger partial charge in [-0.25, -0.2) is 9.67 Å². The van der Waals surface area contributed by atoms with Crippen molar-refractivity contribution < 1.29 is 32.3 Å². The summed E-state index contributed by atoms with van der Waals surface area (Å²) in [6.07, 6.45) is 5.05. The van der Waals surface area contributed by atoms with Crippen LogP contribution in [0.2, 0.25) is 0 Å². The second kappa shape index (κ2) is 20.8. The number of alkyl halides is 3. The maximum atomic E-state index is 13.5. The highest BCUT2D eigenvalue weighted by Crippen LogP contribution is 2.39. The van der Waals surface area contributed by atoms with E-state index in [0.717, 1.165) is 24.3 Å². The Balaban J connectivity index is 0. The van der Waals surface area contributed by atoms with Crippen LogP contribution in [0.5, 0.6) is 11.8 Å². The van der Waals surface area contributed by atoms with Crippen LogP contribution in [0.1, 0.15) is 96.8 Å². The van der Waals surface area contributed by atoms with Crippen LogP contribution in [-0.4, -0.2) is 40.3 Å². The molecule has 0 fully saturated rings. The predicted octanol–water partition coefficient (Wildman–Crippen LogP) is 8.04. The summed E-state index contributed by atoms with van der Waals surface area (Å²) >= 11 is 0. The van der Waals surface area contributed by atoms with Crippen LogP contribution < -0.4 is 10.1 Å². The fraction of sp³-hybridized carbons (Fsp3) is 0.469. The van der Waals surface area contributed by atoms with Gasteiger partial charge in [0.2, 0.25) is 11.8 Å². The van der Waals surface area contributed by atoms with Crippen LogP contribution in [0.15, 0.2) is 54.3 Å². The van der Waals surface area contributed by atoms with E-state index in [2.05, 4.69) is 22.0 Å². The van der Waals surface area contributed by atoms with Crippen LogP contribution in [0.25, 0.3) is 0 Å². The fourth-order valence-electron chi connectivity index (χ4n) is 3.25. The summed E-state index contributed by atoms with van der Waals surface area (Å²) in [5, 5.41) is 7.22. The third-order valence-corrected chi connectivity index (χ3v) is 5.37. The summed E-state index contributed by atoms with van der Waals surface area (Å²) < 4.78 is 47.7. The number of carbonyl (C=O) groups is 3. The van der Waals surface area contributed by atoms with Crippen molar-refractivity contribution in [3.63, 3.8) is 0 Å². The normalized spacial score (nSPS) is 11.2. The molecule has 0 aliphatic carbocycles. The topological polar surface area (TPSA) is 103 Å². The third kappa shape index (κ3) is 13.7. The highest BCUT2D eigenvalue weighted by Gasteiger charge is 2.37. The van der Waals surface area contributed by atoms with E-state index in [1.165, 1.54) is 16.9 Å². The van der Waals surface area contributed by atoms with E-state index in [1.54, 1.807) is 6.92 Å². The molecule has 2 heterocycles. The first kappa shape index (κ1) is 41.1. The molecule has 0 radical (unpaired) electrons. The quantitative estimate of drug-likeness (QED) is 0.216. The van der Waals surface area contributed by atoms with Gasteiger partial charge in [0.25, 0.3) is 5.91 Å². The zero-order valence-corrected chi connectivity index (χ0v) is 26.9. The first-order valence-electron chi connectivity index (χ1n) is 14.1. The van der Waals surface area contributed by atoms with Gasteiger partial charge in [-0.1, -0.05) is 65.0 Å². The van der Waals surface area contributed by atoms with Gasteiger partial charge in [0.05, 0.1) is 5.54 Å². The smallest absolute Gasteiger partial charge is 0.420 e. The monoisotopic (exact) mass is 608 g/mol. The Morgan fingerprint density at radius 2 is 1.70 bits per heavy atom. The second-order valence-corrected chi connectivity index (χ2v) is 9.49. The highest BCUT2D eigenvalue weighted by molar-refractivity contribution is 5.94. The van der Waals surface area contributed by atoms with Crippen LogP contribution in [-0.2, 0) is 27.7 Å². The molecule has 0 saturated heterocycles. The number of hydrogen-bond acceptors (Lipinski definition) is 6. The van der Waals surface area contributed by atoms with Crippen molar-refractivity contribution >= 4 is 19.0 Å². The lowest BCUT2D eigenvalue weighted by molar-refractivity contribution is -0.139. The van der Waals surface area contributed by atoms with Crippen molar-refractivity contribution in [3.8, 4) is 11.8 Å². The molecule has 2 aromatic heterocycles. The van der Waals surface area contributed by atoms with Crippen molar-refractivity contribution in [2.75, 3.05) is 6.54 Å². The average molecular weight is 609 g/mol. The molecule has 1 N–H and O–H groups in total. The molecule has 43 heavy (non-hydrogen) atoms. The molecule has 0 saturated carbocycles. The van der Waals surface area contributed by atoms with E-state index in [-0.39, 0.29) is 18.1 Å². The first-order chi connectivity index (χ1) is 20.2. The minimum Gasteiger partial charge on any atom is -0.420 e. The molecular formula is C32H47F3N4O4. The van der Waals surface area contributed by atoms with E-state index in [9.17, 15) is 22.8 Å². The number of hydrogen-bond donors (Lipinski definition) is 1. The molecule has 8 nitrogen and oxygen atoms in total. The van der Waals surface area contributed by atoms with Gasteiger partial charge in [-0.3, -0.25) is 4.79 Å². The van der Waals surface area contributed by atoms with Gasteiger partial charge >= 0.3 is 6.18 Å². The maximum absolute atomic E-state index is 13.5. The Labute approximate surface area is 254 Å². The molecule has 1 amide bonds. The van der Waals surface area contributed by atoms with Crippen molar-refractivity contribution in [1.82, 2.24) is 20.1 Å². The molecule has 0 aromatic carbocycles. The van der Waals surface area contributed by atoms with Gasteiger partial charge < -0.3 is 19.6 Å². The first-order valence-corrected chi connectivity index (χ1v) is 14.1. The Morgan fingerprint density at radius 1 is 1.12 bits per heavy atom. The Hall–Kier alpha value is -4.02. The minimum atomic E-state index is -4.65. The van der Waals surface area contributed by atoms with Gasteiger partial charge in [-0.2, -0.15) is 18.3 Å². The number of pyridine rings is 1. The lowest BCUT2D eigenvalue weighted by atomic mass is 10.1. The largest absolute Gasteiger partial charge is 0.421 e. The molecule has 11 heteroatoms. The van der Waals surface area contributed by atoms with Gasteiger partial charge in [0.1, 0.15) is 18.6 Å². The van der Waals surface area contributed by atoms with Crippen LogP contribution in [0.4, 0.5) is 13.2 Å². The molecule has 0 bridgehead atoms. The zero-order chi connectivity index (χ0) is 33.8. The third-order valence-electron chi connectivity index (χ3n) is 5.37. The Kier molecular flexibility index (Phi) is 19.9. The molecule has 0 aliphatic heterocycles. The van der Waals surface area contributed by atoms with Crippen LogP contribution >= 0.6 is 0 Å². The Morgan fingerprint density at radius 3 is 2.14 bits per heavy atom. The summed E-state index contributed by atoms with van der Waals surface area (Å²) in [6, 6.07) is 2.09. The zero-order valence-electron chi connectivity index (χ0n) is 26.9. The summed E-state index contributed by atoms with van der Waals surface area (Å²) in [5.74, 6) is -1.02. The number of aromatic nitrogens is 3. The number of rotatable bonds is 10. The lowest BCUT2D eigenvalue weighted by Crippen LogP contribution is -2.28. The molecular weight excluding hydrogens is 561 g/mol. The predicted molar refractivity (Wildman–Crippen MR) is 165 cm³/mol. The summed E-state index contributed by atoms with van der Waals surface area (Å²) in [4.78, 5) is 34.0. The van der Waals surface area contributed by atoms with E-state index >= 15 is 0 Å². The number of nitrogens with zero attached hydrogens (tertiary/aromatic N) is 3. The molecule has 0 atom stereocenters. The second-order valence-electron chi connectivity index (χ2n) is 9.49. The molecule has 2 rings (SSSR count). The number of allylic oxidation sites excluding steroid dienone is 3. The molecule has 2 aromatic rings. The average Bonchev–Trinajstić information content (AvgIpc) is 3.37. The van der Waals surface area contributed by atoms with Gasteiger partial charge in [0.15, 0.2) is 5.69 Å². The number of halogens is 3. The van der Waals surface area contributed by atoms with E-state index in [4.69, 9.17) is 9.53 Å². The number of carbonyl (C=O) groups excluding carboxylic acids is 3. The van der Waals surface area contributed by atoms with E-state index in [1.807, 2.05) is 80.4 Å². The van der Waals surface area contributed by atoms with Crippen LogP contribution in [0.3, 0.4) is 0 Å². The molecule has 0 aliphatic rings. The number of aldehydes is 1. The van der Waals surface area contributed by atoms with Gasteiger partial charge in [0, 0.05) is 24.7 Å². The van der Waals surface area contributed by atoms with Crippen molar-refractivity contribution in [3.05, 3.63) is 71.1 Å². The standard InChI is InChI=1S/C26H33F3N4O2.C3H6O.C2H6.CH2O/c1-8-18(9-2)14-13-17(4)16-31-22(34)21-19(10-3)24(33(32-21)25(5,6)7)35-23-20(26(27,28)29)12-11-15-30-23;1-2-3-4;2*1-2/h8,11-15H,4,9-10,16H2,1-3,5-7H3,(H,31,34);3H,2H2,1H3;1-2H3;1H2/b14-13-,18-8-;;;. The summed E-state index contributed by atoms with van der Waals surface area (Å²) in [5.41, 5.74) is 0.620. The molecule has 0 spiro atoms. The van der Waals surface area contributed by atoms with Crippen molar-refractivity contribution in [2.45, 2.75) is 93.3 Å². The fourth-order valence-corrected chi connectivity index (χ4v) is 3.25. The van der Waals surface area contributed by atoms with Gasteiger partial charge in [-0.15, -0.1) is 0 Å². The molecule has 0 unspecified atom stereocenters. The minimum absolute atomic E-state index is 0.0498. The molecule has 240 valence electrons.